The Morgan fingerprint density at radius 1 is 1.18 bits per heavy atom. The molecule has 0 unspecified atom stereocenters. The van der Waals surface area contributed by atoms with Crippen LogP contribution in [0.2, 0.25) is 0 Å². The molecule has 0 amide bonds. The largest absolute Gasteiger partial charge is 0.477 e. The Labute approximate surface area is 175 Å². The number of hydrogen-bond donors (Lipinski definition) is 1. The molecule has 3 aromatic rings. The first-order valence-electron chi connectivity index (χ1n) is 8.20. The molecule has 149 valence electrons. The van der Waals surface area contributed by atoms with Crippen LogP contribution in [0, 0.1) is 23.9 Å². The summed E-state index contributed by atoms with van der Waals surface area (Å²) in [5.74, 6) is -2.25. The Morgan fingerprint density at radius 3 is 2.46 bits per heavy atom. The van der Waals surface area contributed by atoms with Crippen molar-refractivity contribution < 1.29 is 38.8 Å². The summed E-state index contributed by atoms with van der Waals surface area (Å²) in [5.41, 5.74) is 1.67. The van der Waals surface area contributed by atoms with Crippen molar-refractivity contribution in [1.82, 2.24) is 15.0 Å². The van der Waals surface area contributed by atoms with E-state index in [9.17, 15) is 13.6 Å². The van der Waals surface area contributed by atoms with Crippen molar-refractivity contribution in [3.8, 4) is 11.3 Å². The number of aromatic carboxylic acids is 1. The van der Waals surface area contributed by atoms with Crippen LogP contribution in [0.4, 0.5) is 8.78 Å². The van der Waals surface area contributed by atoms with Crippen LogP contribution in [-0.2, 0) is 26.5 Å². The van der Waals surface area contributed by atoms with E-state index in [0.717, 1.165) is 18.1 Å². The van der Waals surface area contributed by atoms with Crippen molar-refractivity contribution in [2.75, 3.05) is 0 Å². The fourth-order valence-corrected chi connectivity index (χ4v) is 2.25. The van der Waals surface area contributed by atoms with Crippen molar-refractivity contribution in [2.24, 2.45) is 5.92 Å². The fourth-order valence-electron chi connectivity index (χ4n) is 2.25. The summed E-state index contributed by atoms with van der Waals surface area (Å²) in [4.78, 5) is 20.9. The molecule has 1 radical (unpaired) electrons. The smallest absolute Gasteiger partial charge is 0.354 e. The van der Waals surface area contributed by atoms with Gasteiger partial charge in [-0.05, 0) is 36.2 Å². The van der Waals surface area contributed by atoms with Crippen LogP contribution in [0.15, 0.2) is 48.8 Å². The molecule has 0 saturated heterocycles. The van der Waals surface area contributed by atoms with Gasteiger partial charge in [-0.15, -0.1) is 6.07 Å². The van der Waals surface area contributed by atoms with Crippen molar-refractivity contribution in [3.63, 3.8) is 0 Å². The van der Waals surface area contributed by atoms with E-state index in [1.807, 2.05) is 6.07 Å². The van der Waals surface area contributed by atoms with Crippen LogP contribution in [0.5, 0.6) is 0 Å². The molecular formula is C20H18F2IrN3O2-. The summed E-state index contributed by atoms with van der Waals surface area (Å²) in [6, 6.07) is 12.0. The van der Waals surface area contributed by atoms with Gasteiger partial charge in [0.15, 0.2) is 0 Å². The van der Waals surface area contributed by atoms with Gasteiger partial charge in [0.25, 0.3) is 0 Å². The molecule has 0 aliphatic rings. The molecule has 3 heterocycles. The Kier molecular flexibility index (Phi) is 9.48. The van der Waals surface area contributed by atoms with Crippen LogP contribution in [0.25, 0.3) is 11.3 Å². The number of halogens is 2. The first kappa shape index (κ1) is 23.5. The van der Waals surface area contributed by atoms with Crippen molar-refractivity contribution in [3.05, 3.63) is 78.0 Å². The maximum Gasteiger partial charge on any atom is 0.354 e. The number of carboxylic acids is 1. The molecule has 8 heteroatoms. The van der Waals surface area contributed by atoms with Crippen LogP contribution in [0.3, 0.4) is 0 Å². The van der Waals surface area contributed by atoms with Gasteiger partial charge in [0, 0.05) is 32.5 Å². The summed E-state index contributed by atoms with van der Waals surface area (Å²) in [5, 5.41) is 8.32. The molecule has 0 atom stereocenters. The van der Waals surface area contributed by atoms with Crippen LogP contribution >= 0.6 is 0 Å². The van der Waals surface area contributed by atoms with E-state index in [1.54, 1.807) is 24.4 Å². The number of aromatic nitrogens is 3. The molecular weight excluding hydrogens is 544 g/mol. The van der Waals surface area contributed by atoms with Gasteiger partial charge in [-0.2, -0.15) is 0 Å². The molecule has 0 aliphatic heterocycles. The maximum absolute atomic E-state index is 13.5. The molecule has 0 fully saturated rings. The van der Waals surface area contributed by atoms with Crippen molar-refractivity contribution in [2.45, 2.75) is 20.3 Å². The number of nitrogens with zero attached hydrogens (tertiary/aromatic N) is 3. The van der Waals surface area contributed by atoms with Gasteiger partial charge in [0.1, 0.15) is 17.6 Å². The van der Waals surface area contributed by atoms with Gasteiger partial charge in [-0.3, -0.25) is 4.98 Å². The van der Waals surface area contributed by atoms with Gasteiger partial charge in [0.2, 0.25) is 0 Å². The molecule has 3 rings (SSSR count). The topological polar surface area (TPSA) is 76.0 Å². The minimum absolute atomic E-state index is 0. The minimum atomic E-state index is -0.990. The summed E-state index contributed by atoms with van der Waals surface area (Å²) < 4.78 is 26.2. The molecule has 28 heavy (non-hydrogen) atoms. The zero-order valence-corrected chi connectivity index (χ0v) is 17.6. The average molecular weight is 563 g/mol. The number of carboxylic acid groups (broad SMARTS) is 1. The summed E-state index contributed by atoms with van der Waals surface area (Å²) in [6.45, 7) is 4.21. The monoisotopic (exact) mass is 563 g/mol. The second-order valence-corrected chi connectivity index (χ2v) is 6.06. The van der Waals surface area contributed by atoms with Crippen molar-refractivity contribution in [1.29, 1.82) is 0 Å². The molecule has 1 N–H and O–H groups in total. The Bertz CT molecular complexity index is 909. The molecule has 0 bridgehead atoms. The number of pyridine rings is 3. The number of rotatable bonds is 4. The van der Waals surface area contributed by atoms with E-state index in [4.69, 9.17) is 5.11 Å². The predicted octanol–water partition coefficient (Wildman–Crippen LogP) is 4.20. The molecule has 0 spiro atoms. The zero-order valence-electron chi connectivity index (χ0n) is 15.2. The van der Waals surface area contributed by atoms with Gasteiger partial charge in [-0.1, -0.05) is 43.2 Å². The third-order valence-corrected chi connectivity index (χ3v) is 3.36. The van der Waals surface area contributed by atoms with Gasteiger partial charge < -0.3 is 10.1 Å². The number of carbonyl (C=O) groups is 1. The normalized spacial score (nSPS) is 9.89. The van der Waals surface area contributed by atoms with E-state index >= 15 is 0 Å². The second kappa shape index (κ2) is 11.3. The summed E-state index contributed by atoms with van der Waals surface area (Å²) in [6.07, 6.45) is 3.94. The second-order valence-electron chi connectivity index (χ2n) is 6.06. The van der Waals surface area contributed by atoms with Crippen LogP contribution < -0.4 is 0 Å². The first-order valence-corrected chi connectivity index (χ1v) is 8.20. The Morgan fingerprint density at radius 2 is 1.93 bits per heavy atom. The molecule has 5 nitrogen and oxygen atoms in total. The van der Waals surface area contributed by atoms with Gasteiger partial charge >= 0.3 is 5.97 Å². The molecule has 0 aromatic carbocycles. The third kappa shape index (κ3) is 7.21. The van der Waals surface area contributed by atoms with E-state index in [0.29, 0.717) is 11.6 Å². The number of hydrogen-bond acceptors (Lipinski definition) is 4. The molecule has 0 saturated carbocycles. The van der Waals surface area contributed by atoms with Gasteiger partial charge in [0.05, 0.1) is 0 Å². The standard InChI is InChI=1S/C14H13F2N2.C6H5NO2.Ir/c1-9(2)7-10-5-6-17-12(8-10)11-3-4-13(15)18-14(11)16;8-6(9)5-3-1-2-4-7-5;/h4-6,8-9H,7H2,1-2H3;1-4H,(H,8,9);/q-1;;. The van der Waals surface area contributed by atoms with E-state index in [-0.39, 0.29) is 31.4 Å². The SMILES string of the molecule is CC(C)Cc1ccnc(-c2[c-]cc(F)nc2F)c1.O=C(O)c1ccccn1.[Ir]. The first-order chi connectivity index (χ1) is 12.9. The van der Waals surface area contributed by atoms with E-state index in [1.165, 1.54) is 12.3 Å². The van der Waals surface area contributed by atoms with Crippen LogP contribution in [0.1, 0.15) is 29.9 Å². The van der Waals surface area contributed by atoms with Crippen molar-refractivity contribution >= 4 is 5.97 Å². The summed E-state index contributed by atoms with van der Waals surface area (Å²) in [7, 11) is 0. The quantitative estimate of drug-likeness (QED) is 0.381. The maximum atomic E-state index is 13.5. The predicted molar refractivity (Wildman–Crippen MR) is 96.0 cm³/mol. The summed E-state index contributed by atoms with van der Waals surface area (Å²) >= 11 is 0. The molecule has 3 aromatic heterocycles. The average Bonchev–Trinajstić information content (AvgIpc) is 2.62. The van der Waals surface area contributed by atoms with Gasteiger partial charge in [-0.25, -0.2) is 18.6 Å². The third-order valence-electron chi connectivity index (χ3n) is 3.36. The molecule has 0 aliphatic carbocycles. The van der Waals surface area contributed by atoms with Crippen LogP contribution in [-0.4, -0.2) is 26.0 Å². The Hall–Kier alpha value is -2.57. The Balaban J connectivity index is 0.000000332. The minimum Gasteiger partial charge on any atom is -0.477 e. The fraction of sp³-hybridized carbons (Fsp3) is 0.200. The van der Waals surface area contributed by atoms with E-state index in [2.05, 4.69) is 34.9 Å². The van der Waals surface area contributed by atoms with E-state index < -0.39 is 17.9 Å². The zero-order chi connectivity index (χ0) is 19.8.